The number of carbonyl (C=O) groups excluding carboxylic acids is 2. The van der Waals surface area contributed by atoms with Gasteiger partial charge in [-0.05, 0) is 48.2 Å². The molecule has 1 fully saturated rings. The molecule has 5 atom stereocenters. The fraction of sp³-hybridized carbons (Fsp3) is 0.278. The molecule has 7 rings (SSSR count). The van der Waals surface area contributed by atoms with Crippen molar-refractivity contribution in [2.75, 3.05) is 6.61 Å². The molecule has 3 aromatic heterocycles. The van der Waals surface area contributed by atoms with Crippen molar-refractivity contribution >= 4 is 44.6 Å². The van der Waals surface area contributed by atoms with Crippen molar-refractivity contribution in [1.82, 2.24) is 15.0 Å². The van der Waals surface area contributed by atoms with Crippen molar-refractivity contribution in [3.63, 3.8) is 0 Å². The Balaban J connectivity index is 1.11. The predicted octanol–water partition coefficient (Wildman–Crippen LogP) is 5.10. The third-order valence-electron chi connectivity index (χ3n) is 8.66. The quantitative estimate of drug-likeness (QED) is 0.156. The van der Waals surface area contributed by atoms with Crippen LogP contribution < -0.4 is 0 Å². The van der Waals surface area contributed by atoms with Crippen LogP contribution >= 0.6 is 0 Å². The highest BCUT2D eigenvalue weighted by Gasteiger charge is 2.49. The molecule has 6 aromatic rings. The zero-order chi connectivity index (χ0) is 31.6. The highest BCUT2D eigenvalue weighted by molar-refractivity contribution is 5.88. The first-order valence-corrected chi connectivity index (χ1v) is 15.4. The Kier molecular flexibility index (Phi) is 8.32. The van der Waals surface area contributed by atoms with E-state index in [-0.39, 0.29) is 19.4 Å². The molecule has 0 amide bonds. The molecule has 3 aromatic carbocycles. The van der Waals surface area contributed by atoms with Crippen LogP contribution in [-0.4, -0.2) is 69.3 Å². The van der Waals surface area contributed by atoms with Gasteiger partial charge in [0.15, 0.2) is 18.5 Å². The minimum Gasteiger partial charge on any atom is -0.456 e. The molecule has 1 unspecified atom stereocenters. The summed E-state index contributed by atoms with van der Waals surface area (Å²) in [6.07, 6.45) is 0.643. The van der Waals surface area contributed by atoms with Crippen molar-refractivity contribution < 1.29 is 33.6 Å². The van der Waals surface area contributed by atoms with Crippen LogP contribution in [0.3, 0.4) is 0 Å². The largest absolute Gasteiger partial charge is 0.456 e. The molecule has 0 radical (unpaired) electrons. The fourth-order valence-electron chi connectivity index (χ4n) is 6.37. The van der Waals surface area contributed by atoms with Crippen molar-refractivity contribution in [2.24, 2.45) is 0 Å². The zero-order valence-corrected chi connectivity index (χ0v) is 25.3. The van der Waals surface area contributed by atoms with Gasteiger partial charge in [-0.3, -0.25) is 9.59 Å². The van der Waals surface area contributed by atoms with E-state index in [9.17, 15) is 14.7 Å². The number of ether oxygens (including phenoxy) is 4. The smallest absolute Gasteiger partial charge is 0.310 e. The van der Waals surface area contributed by atoms with Crippen LogP contribution in [0.4, 0.5) is 0 Å². The van der Waals surface area contributed by atoms with Gasteiger partial charge in [0, 0.05) is 51.3 Å². The fourth-order valence-corrected chi connectivity index (χ4v) is 6.37. The minimum absolute atomic E-state index is 0.0167. The van der Waals surface area contributed by atoms with Gasteiger partial charge in [-0.1, -0.05) is 54.6 Å². The van der Waals surface area contributed by atoms with Crippen LogP contribution in [0.1, 0.15) is 23.6 Å². The number of aromatic nitrogens is 3. The number of carbonyl (C=O) groups is 2. The lowest BCUT2D eigenvalue weighted by molar-refractivity contribution is -0.293. The highest BCUT2D eigenvalue weighted by atomic mass is 16.7. The summed E-state index contributed by atoms with van der Waals surface area (Å²) in [5.74, 6) is -1.06. The second-order valence-corrected chi connectivity index (χ2v) is 11.7. The minimum atomic E-state index is -1.48. The van der Waals surface area contributed by atoms with Crippen molar-refractivity contribution in [1.29, 1.82) is 0 Å². The zero-order valence-electron chi connectivity index (χ0n) is 25.3. The third kappa shape index (κ3) is 6.02. The van der Waals surface area contributed by atoms with Gasteiger partial charge in [-0.2, -0.15) is 0 Å². The SMILES string of the molecule is C[C@@H]1OC(O)[C@H](OC(=O)Cc2c[nH]c3ccccc23)[C@H](OCCc2c[nH]c3ccccc23)[C@H]1OC(=O)Cc1c[nH]c2ccccc12. The summed E-state index contributed by atoms with van der Waals surface area (Å²) in [6.45, 7) is 1.92. The number of nitrogens with one attached hydrogen (secondary N) is 3. The van der Waals surface area contributed by atoms with Gasteiger partial charge < -0.3 is 39.0 Å². The number of para-hydroxylation sites is 3. The number of aromatic amines is 3. The molecule has 1 aliphatic heterocycles. The summed E-state index contributed by atoms with van der Waals surface area (Å²) in [6, 6.07) is 23.4. The second-order valence-electron chi connectivity index (χ2n) is 11.7. The normalized spacial score (nSPS) is 21.6. The Morgan fingerprint density at radius 3 is 1.67 bits per heavy atom. The number of hydrogen-bond donors (Lipinski definition) is 4. The van der Waals surface area contributed by atoms with Crippen molar-refractivity contribution in [2.45, 2.75) is 56.9 Å². The molecule has 4 heterocycles. The summed E-state index contributed by atoms with van der Waals surface area (Å²) >= 11 is 0. The Morgan fingerprint density at radius 2 is 1.13 bits per heavy atom. The van der Waals surface area contributed by atoms with Gasteiger partial charge in [-0.25, -0.2) is 0 Å². The maximum absolute atomic E-state index is 13.3. The van der Waals surface area contributed by atoms with Crippen LogP contribution in [0.25, 0.3) is 32.7 Å². The first-order chi connectivity index (χ1) is 22.4. The van der Waals surface area contributed by atoms with Gasteiger partial charge in [0.05, 0.1) is 25.6 Å². The number of aliphatic hydroxyl groups is 1. The summed E-state index contributed by atoms with van der Waals surface area (Å²) in [4.78, 5) is 36.2. The first-order valence-electron chi connectivity index (χ1n) is 15.4. The average molecular weight is 622 g/mol. The Labute approximate surface area is 264 Å². The molecule has 0 bridgehead atoms. The van der Waals surface area contributed by atoms with Gasteiger partial charge in [0.1, 0.15) is 6.10 Å². The maximum Gasteiger partial charge on any atom is 0.310 e. The van der Waals surface area contributed by atoms with Crippen LogP contribution in [-0.2, 0) is 47.8 Å². The molecule has 1 aliphatic rings. The highest BCUT2D eigenvalue weighted by Crippen LogP contribution is 2.30. The molecule has 4 N–H and O–H groups in total. The number of benzene rings is 3. The number of aliphatic hydroxyl groups excluding tert-OH is 1. The van der Waals surface area contributed by atoms with E-state index >= 15 is 0 Å². The Morgan fingerprint density at radius 1 is 0.674 bits per heavy atom. The van der Waals surface area contributed by atoms with E-state index in [0.29, 0.717) is 6.42 Å². The lowest BCUT2D eigenvalue weighted by Gasteiger charge is -2.42. The summed E-state index contributed by atoms with van der Waals surface area (Å²) < 4.78 is 24.0. The lowest BCUT2D eigenvalue weighted by atomic mass is 9.98. The molecule has 0 spiro atoms. The molecule has 0 saturated carbocycles. The van der Waals surface area contributed by atoms with E-state index in [0.717, 1.165) is 49.4 Å². The number of H-pyrrole nitrogens is 3. The van der Waals surface area contributed by atoms with Crippen LogP contribution in [0.2, 0.25) is 0 Å². The second kappa shape index (κ2) is 12.8. The topological polar surface area (TPSA) is 139 Å². The van der Waals surface area contributed by atoms with E-state index in [4.69, 9.17) is 18.9 Å². The van der Waals surface area contributed by atoms with E-state index in [2.05, 4.69) is 15.0 Å². The number of hydrogen-bond acceptors (Lipinski definition) is 7. The Bertz CT molecular complexity index is 1890. The summed E-state index contributed by atoms with van der Waals surface area (Å²) in [5, 5.41) is 13.9. The maximum atomic E-state index is 13.3. The van der Waals surface area contributed by atoms with E-state index < -0.39 is 42.6 Å². The molecular weight excluding hydrogens is 586 g/mol. The van der Waals surface area contributed by atoms with E-state index in [1.54, 1.807) is 19.3 Å². The van der Waals surface area contributed by atoms with Crippen LogP contribution in [0.5, 0.6) is 0 Å². The third-order valence-corrected chi connectivity index (χ3v) is 8.66. The molecule has 10 heteroatoms. The molecular formula is C36H35N3O7. The van der Waals surface area contributed by atoms with Crippen molar-refractivity contribution in [3.05, 3.63) is 108 Å². The number of fused-ring (bicyclic) bond motifs is 3. The van der Waals surface area contributed by atoms with Crippen LogP contribution in [0.15, 0.2) is 91.4 Å². The van der Waals surface area contributed by atoms with Crippen molar-refractivity contribution in [3.8, 4) is 0 Å². The summed E-state index contributed by atoms with van der Waals surface area (Å²) in [7, 11) is 0. The van der Waals surface area contributed by atoms with E-state index in [1.165, 1.54) is 0 Å². The lowest BCUT2D eigenvalue weighted by Crippen LogP contribution is -2.60. The standard InChI is InChI=1S/C36H35N3O7/c1-21-33(45-31(40)16-23-19-38-29-12-6-3-9-26(23)29)34(43-15-14-22-18-37-28-11-5-2-8-25(22)28)35(36(42)44-21)46-32(41)17-24-20-39-30-13-7-4-10-27(24)30/h2-13,18-21,33-39,42H,14-17H2,1H3/t21-,33-,34+,35+,36?/m0/s1. The number of esters is 2. The molecule has 10 nitrogen and oxygen atoms in total. The average Bonchev–Trinajstić information content (AvgIpc) is 3.78. The summed E-state index contributed by atoms with van der Waals surface area (Å²) in [5.41, 5.74) is 5.45. The van der Waals surface area contributed by atoms with Gasteiger partial charge in [0.25, 0.3) is 0 Å². The van der Waals surface area contributed by atoms with Gasteiger partial charge >= 0.3 is 11.9 Å². The van der Waals surface area contributed by atoms with Gasteiger partial charge in [-0.15, -0.1) is 0 Å². The predicted molar refractivity (Wildman–Crippen MR) is 172 cm³/mol. The molecule has 1 saturated heterocycles. The Hall–Kier alpha value is -4.90. The van der Waals surface area contributed by atoms with E-state index in [1.807, 2.05) is 79.0 Å². The molecule has 46 heavy (non-hydrogen) atoms. The molecule has 236 valence electrons. The number of rotatable bonds is 10. The monoisotopic (exact) mass is 621 g/mol. The van der Waals surface area contributed by atoms with Gasteiger partial charge in [0.2, 0.25) is 0 Å². The first kappa shape index (κ1) is 29.8. The van der Waals surface area contributed by atoms with Crippen LogP contribution in [0, 0.1) is 0 Å². The molecule has 0 aliphatic carbocycles.